The topological polar surface area (TPSA) is 91.1 Å². The maximum atomic E-state index is 12.4. The standard InChI is InChI=1S/C19H20N2O6/c1-11-12(2)27-17(20-11)13-6-5-7-14(8-13)21-10-26-9-15(18(22)24-3)16(21)19(23)25-4/h5-8H,9-10H2,1-4H3. The summed E-state index contributed by atoms with van der Waals surface area (Å²) in [6.45, 7) is 3.75. The van der Waals surface area contributed by atoms with Crippen molar-refractivity contribution in [3.63, 3.8) is 0 Å². The number of nitrogens with zero attached hydrogens (tertiary/aromatic N) is 2. The number of aromatic nitrogens is 1. The summed E-state index contributed by atoms with van der Waals surface area (Å²) in [7, 11) is 2.50. The normalized spacial score (nSPS) is 14.3. The second kappa shape index (κ2) is 7.63. The lowest BCUT2D eigenvalue weighted by Gasteiger charge is -2.31. The summed E-state index contributed by atoms with van der Waals surface area (Å²) in [5.74, 6) is -0.0801. The first kappa shape index (κ1) is 18.7. The molecule has 3 rings (SSSR count). The molecule has 0 amide bonds. The highest BCUT2D eigenvalue weighted by Gasteiger charge is 2.32. The van der Waals surface area contributed by atoms with E-state index in [9.17, 15) is 9.59 Å². The second-order valence-corrected chi connectivity index (χ2v) is 5.93. The van der Waals surface area contributed by atoms with E-state index in [0.717, 1.165) is 17.0 Å². The average Bonchev–Trinajstić information content (AvgIpc) is 3.04. The van der Waals surface area contributed by atoms with Crippen molar-refractivity contribution in [3.8, 4) is 11.5 Å². The molecule has 2 heterocycles. The van der Waals surface area contributed by atoms with Crippen molar-refractivity contribution in [2.24, 2.45) is 0 Å². The quantitative estimate of drug-likeness (QED) is 0.756. The summed E-state index contributed by atoms with van der Waals surface area (Å²) in [5, 5.41) is 0. The van der Waals surface area contributed by atoms with Crippen LogP contribution in [-0.4, -0.2) is 44.5 Å². The monoisotopic (exact) mass is 372 g/mol. The van der Waals surface area contributed by atoms with Crippen LogP contribution in [0.15, 0.2) is 40.0 Å². The molecule has 1 aliphatic rings. The number of benzene rings is 1. The summed E-state index contributed by atoms with van der Waals surface area (Å²) < 4.78 is 20.8. The summed E-state index contributed by atoms with van der Waals surface area (Å²) >= 11 is 0. The van der Waals surface area contributed by atoms with Gasteiger partial charge in [-0.25, -0.2) is 14.6 Å². The summed E-state index contributed by atoms with van der Waals surface area (Å²) in [6.07, 6.45) is 0. The van der Waals surface area contributed by atoms with Gasteiger partial charge in [-0.05, 0) is 32.0 Å². The van der Waals surface area contributed by atoms with E-state index in [4.69, 9.17) is 18.6 Å². The molecule has 8 heteroatoms. The number of carbonyl (C=O) groups is 2. The van der Waals surface area contributed by atoms with E-state index in [1.807, 2.05) is 19.9 Å². The maximum absolute atomic E-state index is 12.4. The summed E-state index contributed by atoms with van der Waals surface area (Å²) in [5.41, 5.74) is 2.36. The molecule has 0 saturated heterocycles. The third-order valence-electron chi connectivity index (χ3n) is 4.27. The van der Waals surface area contributed by atoms with Crippen LogP contribution >= 0.6 is 0 Å². The van der Waals surface area contributed by atoms with Gasteiger partial charge in [-0.15, -0.1) is 0 Å². The number of oxazole rings is 1. The third-order valence-corrected chi connectivity index (χ3v) is 4.27. The highest BCUT2D eigenvalue weighted by Crippen LogP contribution is 2.30. The zero-order valence-electron chi connectivity index (χ0n) is 15.6. The average molecular weight is 372 g/mol. The van der Waals surface area contributed by atoms with Crippen LogP contribution in [0.1, 0.15) is 11.5 Å². The molecule has 27 heavy (non-hydrogen) atoms. The molecule has 142 valence electrons. The van der Waals surface area contributed by atoms with Gasteiger partial charge in [0.2, 0.25) is 5.89 Å². The largest absolute Gasteiger partial charge is 0.466 e. The van der Waals surface area contributed by atoms with Gasteiger partial charge in [0.1, 0.15) is 18.2 Å². The lowest BCUT2D eigenvalue weighted by Crippen LogP contribution is -2.38. The van der Waals surface area contributed by atoms with E-state index in [1.54, 1.807) is 23.1 Å². The molecule has 8 nitrogen and oxygen atoms in total. The van der Waals surface area contributed by atoms with Gasteiger partial charge in [0, 0.05) is 11.3 Å². The Hall–Kier alpha value is -3.13. The minimum absolute atomic E-state index is 0.0363. The van der Waals surface area contributed by atoms with Crippen LogP contribution in [0.5, 0.6) is 0 Å². The minimum Gasteiger partial charge on any atom is -0.466 e. The van der Waals surface area contributed by atoms with Crippen LogP contribution in [-0.2, 0) is 23.8 Å². The molecule has 0 atom stereocenters. The number of methoxy groups -OCH3 is 2. The zero-order valence-corrected chi connectivity index (χ0v) is 15.6. The van der Waals surface area contributed by atoms with Gasteiger partial charge in [-0.2, -0.15) is 0 Å². The first-order chi connectivity index (χ1) is 13.0. The van der Waals surface area contributed by atoms with Gasteiger partial charge >= 0.3 is 11.9 Å². The summed E-state index contributed by atoms with van der Waals surface area (Å²) in [4.78, 5) is 30.4. The van der Waals surface area contributed by atoms with Crippen molar-refractivity contribution in [1.82, 2.24) is 4.98 Å². The minimum atomic E-state index is -0.646. The number of ether oxygens (including phenoxy) is 3. The van der Waals surface area contributed by atoms with E-state index in [2.05, 4.69) is 4.98 Å². The fourth-order valence-corrected chi connectivity index (χ4v) is 2.75. The van der Waals surface area contributed by atoms with Crippen LogP contribution in [0.3, 0.4) is 0 Å². The van der Waals surface area contributed by atoms with Gasteiger partial charge in [0.05, 0.1) is 32.1 Å². The molecular weight excluding hydrogens is 352 g/mol. The van der Waals surface area contributed by atoms with E-state index >= 15 is 0 Å². The molecule has 0 N–H and O–H groups in total. The molecule has 1 aromatic carbocycles. The number of esters is 2. The molecule has 1 aliphatic heterocycles. The smallest absolute Gasteiger partial charge is 0.355 e. The third kappa shape index (κ3) is 3.56. The van der Waals surface area contributed by atoms with Crippen molar-refractivity contribution in [1.29, 1.82) is 0 Å². The van der Waals surface area contributed by atoms with E-state index in [0.29, 0.717) is 11.6 Å². The number of carbonyl (C=O) groups excluding carboxylic acids is 2. The van der Waals surface area contributed by atoms with Gasteiger partial charge in [0.25, 0.3) is 0 Å². The molecule has 0 fully saturated rings. The molecule has 1 aromatic heterocycles. The Labute approximate surface area is 156 Å². The first-order valence-corrected chi connectivity index (χ1v) is 8.25. The Morgan fingerprint density at radius 3 is 2.52 bits per heavy atom. The molecule has 0 spiro atoms. The molecule has 0 radical (unpaired) electrons. The lowest BCUT2D eigenvalue weighted by molar-refractivity contribution is -0.140. The Morgan fingerprint density at radius 2 is 1.89 bits per heavy atom. The molecule has 0 bridgehead atoms. The van der Waals surface area contributed by atoms with Crippen LogP contribution in [0.4, 0.5) is 5.69 Å². The highest BCUT2D eigenvalue weighted by molar-refractivity contribution is 6.03. The Bertz CT molecular complexity index is 895. The van der Waals surface area contributed by atoms with Crippen molar-refractivity contribution in [2.75, 3.05) is 32.5 Å². The molecule has 0 saturated carbocycles. The van der Waals surface area contributed by atoms with Gasteiger partial charge in [-0.3, -0.25) is 0 Å². The van der Waals surface area contributed by atoms with E-state index in [-0.39, 0.29) is 24.6 Å². The fraction of sp³-hybridized carbons (Fsp3) is 0.316. The predicted octanol–water partition coefficient (Wildman–Crippen LogP) is 2.35. The zero-order chi connectivity index (χ0) is 19.6. The van der Waals surface area contributed by atoms with Gasteiger partial charge in [-0.1, -0.05) is 6.07 Å². The van der Waals surface area contributed by atoms with Crippen LogP contribution in [0, 0.1) is 13.8 Å². The maximum Gasteiger partial charge on any atom is 0.355 e. The highest BCUT2D eigenvalue weighted by atomic mass is 16.5. The fourth-order valence-electron chi connectivity index (χ4n) is 2.75. The lowest BCUT2D eigenvalue weighted by atomic mass is 10.1. The molecule has 2 aromatic rings. The van der Waals surface area contributed by atoms with Crippen molar-refractivity contribution in [3.05, 3.63) is 47.0 Å². The molecule has 0 aliphatic carbocycles. The number of hydrogen-bond acceptors (Lipinski definition) is 8. The Morgan fingerprint density at radius 1 is 1.15 bits per heavy atom. The Balaban J connectivity index is 2.07. The van der Waals surface area contributed by atoms with Crippen LogP contribution in [0.25, 0.3) is 11.5 Å². The van der Waals surface area contributed by atoms with Crippen molar-refractivity contribution >= 4 is 17.6 Å². The number of aryl methyl sites for hydroxylation is 2. The SMILES string of the molecule is COC(=O)C1=C(C(=O)OC)N(c2cccc(-c3nc(C)c(C)o3)c2)COC1. The Kier molecular flexibility index (Phi) is 5.27. The number of rotatable bonds is 4. The number of hydrogen-bond donors (Lipinski definition) is 0. The van der Waals surface area contributed by atoms with Crippen LogP contribution < -0.4 is 4.90 Å². The molecule has 0 unspecified atom stereocenters. The molecular formula is C19H20N2O6. The van der Waals surface area contributed by atoms with Crippen LogP contribution in [0.2, 0.25) is 0 Å². The van der Waals surface area contributed by atoms with Crippen molar-refractivity contribution < 1.29 is 28.2 Å². The van der Waals surface area contributed by atoms with E-state index < -0.39 is 11.9 Å². The first-order valence-electron chi connectivity index (χ1n) is 8.25. The van der Waals surface area contributed by atoms with Gasteiger partial charge in [0.15, 0.2) is 0 Å². The summed E-state index contributed by atoms with van der Waals surface area (Å²) in [6, 6.07) is 7.25. The predicted molar refractivity (Wildman–Crippen MR) is 95.8 cm³/mol. The van der Waals surface area contributed by atoms with E-state index in [1.165, 1.54) is 14.2 Å². The second-order valence-electron chi connectivity index (χ2n) is 5.93. The van der Waals surface area contributed by atoms with Gasteiger partial charge < -0.3 is 23.5 Å². The number of anilines is 1. The van der Waals surface area contributed by atoms with Crippen molar-refractivity contribution in [2.45, 2.75) is 13.8 Å².